The van der Waals surface area contributed by atoms with Gasteiger partial charge in [0.25, 0.3) is 0 Å². The van der Waals surface area contributed by atoms with E-state index in [9.17, 15) is 14.7 Å². The number of carbonyl (C=O) groups excluding carboxylic acids is 2. The van der Waals surface area contributed by atoms with Crippen LogP contribution in [0.1, 0.15) is 33.6 Å². The molecule has 0 unspecified atom stereocenters. The normalized spacial score (nSPS) is 14.5. The number of fused-ring (bicyclic) bond motifs is 1. The molecule has 3 rings (SSSR count). The van der Waals surface area contributed by atoms with Crippen LogP contribution in [0.5, 0.6) is 0 Å². The van der Waals surface area contributed by atoms with E-state index >= 15 is 0 Å². The minimum atomic E-state index is -0.572. The molecule has 106 valence electrons. The second-order valence-electron chi connectivity index (χ2n) is 4.96. The number of carbonyl (C=O) groups is 2. The van der Waals surface area contributed by atoms with Gasteiger partial charge in [-0.1, -0.05) is 30.3 Å². The van der Waals surface area contributed by atoms with E-state index in [0.29, 0.717) is 17.5 Å². The van der Waals surface area contributed by atoms with Crippen LogP contribution in [0.25, 0.3) is 5.76 Å². The number of aliphatic hydroxyl groups excluding tert-OH is 1. The number of Topliss-reactive ketones (excluding diaryl/α,β-unsaturated/α-hetero) is 2. The number of hydrogen-bond donors (Lipinski definition) is 1. The third kappa shape index (κ3) is 2.54. The van der Waals surface area contributed by atoms with Crippen molar-refractivity contribution in [2.45, 2.75) is 19.3 Å². The van der Waals surface area contributed by atoms with E-state index in [1.54, 1.807) is 35.6 Å². The fourth-order valence-electron chi connectivity index (χ4n) is 2.54. The molecule has 1 aromatic heterocycles. The summed E-state index contributed by atoms with van der Waals surface area (Å²) in [5, 5.41) is 12.3. The highest BCUT2D eigenvalue weighted by Crippen LogP contribution is 2.30. The minimum absolute atomic E-state index is 0.0404. The van der Waals surface area contributed by atoms with Crippen LogP contribution in [-0.4, -0.2) is 16.7 Å². The Morgan fingerprint density at radius 1 is 0.905 bits per heavy atom. The molecule has 0 aliphatic heterocycles. The molecule has 4 heteroatoms. The Morgan fingerprint density at radius 2 is 1.67 bits per heavy atom. The quantitative estimate of drug-likeness (QED) is 0.873. The summed E-state index contributed by atoms with van der Waals surface area (Å²) >= 11 is 1.67. The topological polar surface area (TPSA) is 54.4 Å². The zero-order chi connectivity index (χ0) is 14.8. The molecule has 21 heavy (non-hydrogen) atoms. The van der Waals surface area contributed by atoms with Crippen molar-refractivity contribution in [2.75, 3.05) is 0 Å². The second kappa shape index (κ2) is 5.66. The summed E-state index contributed by atoms with van der Waals surface area (Å²) in [6.07, 6.45) is 2.00. The average Bonchev–Trinajstić information content (AvgIpc) is 3.02. The predicted molar refractivity (Wildman–Crippen MR) is 82.6 cm³/mol. The molecule has 2 aromatic rings. The van der Waals surface area contributed by atoms with Gasteiger partial charge in [0.15, 0.2) is 0 Å². The number of hydrogen-bond acceptors (Lipinski definition) is 4. The van der Waals surface area contributed by atoms with Crippen molar-refractivity contribution < 1.29 is 14.7 Å². The lowest BCUT2D eigenvalue weighted by Gasteiger charge is -2.17. The first kappa shape index (κ1) is 13.8. The molecular weight excluding hydrogens is 284 g/mol. The summed E-state index contributed by atoms with van der Waals surface area (Å²) in [5.41, 5.74) is 1.01. The van der Waals surface area contributed by atoms with Crippen molar-refractivity contribution in [1.29, 1.82) is 0 Å². The number of allylic oxidation sites excluding steroid dienone is 1. The first-order valence-electron chi connectivity index (χ1n) is 6.81. The highest BCUT2D eigenvalue weighted by Gasteiger charge is 2.31. The smallest absolute Gasteiger partial charge is 0.234 e. The van der Waals surface area contributed by atoms with Crippen LogP contribution in [0.4, 0.5) is 0 Å². The van der Waals surface area contributed by atoms with Crippen molar-refractivity contribution in [3.05, 3.63) is 63.4 Å². The summed E-state index contributed by atoms with van der Waals surface area (Å²) in [4.78, 5) is 25.4. The van der Waals surface area contributed by atoms with Crippen LogP contribution in [-0.2, 0) is 11.2 Å². The highest BCUT2D eigenvalue weighted by molar-refractivity contribution is 7.09. The predicted octanol–water partition coefficient (Wildman–Crippen LogP) is 3.81. The van der Waals surface area contributed by atoms with Crippen LogP contribution in [0.2, 0.25) is 0 Å². The molecule has 0 saturated carbocycles. The highest BCUT2D eigenvalue weighted by atomic mass is 32.1. The Morgan fingerprint density at radius 3 is 2.38 bits per heavy atom. The van der Waals surface area contributed by atoms with Gasteiger partial charge >= 0.3 is 0 Å². The molecule has 0 spiro atoms. The summed E-state index contributed by atoms with van der Waals surface area (Å²) < 4.78 is 0. The number of aliphatic hydroxyl groups is 1. The van der Waals surface area contributed by atoms with Gasteiger partial charge in [0.05, 0.1) is 0 Å². The Kier molecular flexibility index (Phi) is 3.71. The molecule has 3 nitrogen and oxygen atoms in total. The lowest BCUT2D eigenvalue weighted by molar-refractivity contribution is -0.112. The molecule has 1 aromatic carbocycles. The number of thiophene rings is 1. The van der Waals surface area contributed by atoms with Crippen LogP contribution < -0.4 is 0 Å². The summed E-state index contributed by atoms with van der Waals surface area (Å²) in [6.45, 7) is 0. The van der Waals surface area contributed by atoms with Crippen molar-refractivity contribution in [1.82, 2.24) is 0 Å². The standard InChI is InChI=1S/C17H14O3S/c18-15-12-7-1-2-8-13(12)16(19)17(20)14(15)9-3-5-11-6-4-10-21-11/h1-2,4,6-8,10,18H,3,5,9H2. The van der Waals surface area contributed by atoms with Gasteiger partial charge in [-0.15, -0.1) is 11.3 Å². The maximum Gasteiger partial charge on any atom is 0.234 e. The van der Waals surface area contributed by atoms with Crippen LogP contribution in [0.3, 0.4) is 0 Å². The molecule has 0 fully saturated rings. The first-order valence-corrected chi connectivity index (χ1v) is 7.69. The lowest BCUT2D eigenvalue weighted by atomic mass is 9.86. The van der Waals surface area contributed by atoms with Crippen LogP contribution in [0.15, 0.2) is 47.4 Å². The Labute approximate surface area is 126 Å². The molecule has 0 saturated heterocycles. The Hall–Kier alpha value is -2.20. The monoisotopic (exact) mass is 298 g/mol. The van der Waals surface area contributed by atoms with Gasteiger partial charge in [-0.05, 0) is 30.7 Å². The number of rotatable bonds is 4. The van der Waals surface area contributed by atoms with Gasteiger partial charge in [-0.2, -0.15) is 0 Å². The Bertz CT molecular complexity index is 726. The lowest BCUT2D eigenvalue weighted by Crippen LogP contribution is -2.24. The van der Waals surface area contributed by atoms with E-state index < -0.39 is 11.6 Å². The third-order valence-electron chi connectivity index (χ3n) is 3.62. The van der Waals surface area contributed by atoms with Crippen LogP contribution >= 0.6 is 11.3 Å². The number of benzene rings is 1. The molecule has 0 bridgehead atoms. The fraction of sp³-hybridized carbons (Fsp3) is 0.176. The van der Waals surface area contributed by atoms with Crippen molar-refractivity contribution in [3.63, 3.8) is 0 Å². The van der Waals surface area contributed by atoms with E-state index in [0.717, 1.165) is 12.8 Å². The van der Waals surface area contributed by atoms with Gasteiger partial charge < -0.3 is 5.11 Å². The van der Waals surface area contributed by atoms with Crippen LogP contribution in [0, 0.1) is 0 Å². The molecular formula is C17H14O3S. The molecule has 1 aliphatic carbocycles. The average molecular weight is 298 g/mol. The van der Waals surface area contributed by atoms with Crippen molar-refractivity contribution in [2.24, 2.45) is 0 Å². The number of aryl methyl sites for hydroxylation is 1. The van der Waals surface area contributed by atoms with E-state index in [1.165, 1.54) is 4.88 Å². The molecule has 0 amide bonds. The van der Waals surface area contributed by atoms with Gasteiger partial charge in [-0.3, -0.25) is 9.59 Å². The van der Waals surface area contributed by atoms with Crippen molar-refractivity contribution >= 4 is 28.7 Å². The second-order valence-corrected chi connectivity index (χ2v) is 6.00. The summed E-state index contributed by atoms with van der Waals surface area (Å²) in [6, 6.07) is 10.7. The molecule has 1 N–H and O–H groups in total. The van der Waals surface area contributed by atoms with E-state index in [2.05, 4.69) is 0 Å². The van der Waals surface area contributed by atoms with E-state index in [4.69, 9.17) is 0 Å². The van der Waals surface area contributed by atoms with E-state index in [-0.39, 0.29) is 11.3 Å². The zero-order valence-electron chi connectivity index (χ0n) is 11.3. The van der Waals surface area contributed by atoms with Gasteiger partial charge in [0.2, 0.25) is 11.6 Å². The zero-order valence-corrected chi connectivity index (χ0v) is 12.2. The summed E-state index contributed by atoms with van der Waals surface area (Å²) in [7, 11) is 0. The minimum Gasteiger partial charge on any atom is -0.507 e. The maximum atomic E-state index is 12.1. The third-order valence-corrected chi connectivity index (χ3v) is 4.56. The molecule has 1 aliphatic rings. The summed E-state index contributed by atoms with van der Waals surface area (Å²) in [5.74, 6) is -1.13. The molecule has 1 heterocycles. The number of ketones is 2. The van der Waals surface area contributed by atoms with Gasteiger partial charge in [0, 0.05) is 21.6 Å². The van der Waals surface area contributed by atoms with Gasteiger partial charge in [-0.25, -0.2) is 0 Å². The maximum absolute atomic E-state index is 12.1. The van der Waals surface area contributed by atoms with Gasteiger partial charge in [0.1, 0.15) is 5.76 Å². The SMILES string of the molecule is O=C1C(=O)c2ccccc2C(O)=C1CCCc1cccs1. The first-order chi connectivity index (χ1) is 10.2. The molecule has 0 radical (unpaired) electrons. The van der Waals surface area contributed by atoms with E-state index in [1.807, 2.05) is 17.5 Å². The Balaban J connectivity index is 1.83. The largest absolute Gasteiger partial charge is 0.507 e. The fourth-order valence-corrected chi connectivity index (χ4v) is 3.29. The van der Waals surface area contributed by atoms with Crippen molar-refractivity contribution in [3.8, 4) is 0 Å². The molecule has 0 atom stereocenters.